The van der Waals surface area contributed by atoms with Crippen LogP contribution in [0.25, 0.3) is 0 Å². The highest BCUT2D eigenvalue weighted by Crippen LogP contribution is 2.09. The third-order valence-corrected chi connectivity index (χ3v) is 2.59. The van der Waals surface area contributed by atoms with Gasteiger partial charge in [-0.15, -0.1) is 0 Å². The van der Waals surface area contributed by atoms with Crippen molar-refractivity contribution in [1.82, 2.24) is 9.78 Å². The van der Waals surface area contributed by atoms with E-state index < -0.39 is 0 Å². The number of rotatable bonds is 5. The molecule has 0 unspecified atom stereocenters. The summed E-state index contributed by atoms with van der Waals surface area (Å²) in [5, 5.41) is 7.52. The topological polar surface area (TPSA) is 29.9 Å². The van der Waals surface area contributed by atoms with Gasteiger partial charge < -0.3 is 5.32 Å². The predicted molar refractivity (Wildman–Crippen MR) is 66.5 cm³/mol. The largest absolute Gasteiger partial charge is 0.383 e. The summed E-state index contributed by atoms with van der Waals surface area (Å²) in [5.74, 6) is 0. The second-order valence-corrected chi connectivity index (χ2v) is 3.75. The summed E-state index contributed by atoms with van der Waals surface area (Å²) in [6.07, 6.45) is 4.87. The van der Waals surface area contributed by atoms with Crippen molar-refractivity contribution in [3.63, 3.8) is 0 Å². The molecule has 0 bridgehead atoms. The van der Waals surface area contributed by atoms with E-state index in [9.17, 15) is 0 Å². The van der Waals surface area contributed by atoms with Crippen LogP contribution in [0.5, 0.6) is 0 Å². The Bertz CT molecular complexity index is 403. The number of benzene rings is 1. The Kier molecular flexibility index (Phi) is 3.59. The quantitative estimate of drug-likeness (QED) is 0.830. The van der Waals surface area contributed by atoms with Crippen LogP contribution in [0.3, 0.4) is 0 Å². The van der Waals surface area contributed by atoms with Crippen molar-refractivity contribution in [3.05, 3.63) is 48.3 Å². The second-order valence-electron chi connectivity index (χ2n) is 3.75. The minimum atomic E-state index is 0.891. The van der Waals surface area contributed by atoms with E-state index in [0.29, 0.717) is 0 Å². The van der Waals surface area contributed by atoms with Crippen molar-refractivity contribution in [1.29, 1.82) is 0 Å². The number of anilines is 1. The Morgan fingerprint density at radius 3 is 2.69 bits per heavy atom. The normalized spacial score (nSPS) is 10.3. The van der Waals surface area contributed by atoms with E-state index in [1.54, 1.807) is 6.20 Å². The zero-order chi connectivity index (χ0) is 11.2. The van der Waals surface area contributed by atoms with Gasteiger partial charge >= 0.3 is 0 Å². The lowest BCUT2D eigenvalue weighted by Gasteiger charge is -2.07. The maximum absolute atomic E-state index is 4.15. The van der Waals surface area contributed by atoms with Gasteiger partial charge in [0.15, 0.2) is 0 Å². The molecule has 0 amide bonds. The average Bonchev–Trinajstić information content (AvgIpc) is 2.83. The van der Waals surface area contributed by atoms with E-state index in [1.165, 1.54) is 11.3 Å². The number of aryl methyl sites for hydroxylation is 1. The first-order valence-corrected chi connectivity index (χ1v) is 5.68. The predicted octanol–water partition coefficient (Wildman–Crippen LogP) is 2.56. The van der Waals surface area contributed by atoms with Gasteiger partial charge in [-0.2, -0.15) is 5.10 Å². The summed E-state index contributed by atoms with van der Waals surface area (Å²) >= 11 is 0. The van der Waals surface area contributed by atoms with Crippen molar-refractivity contribution in [2.24, 2.45) is 0 Å². The highest BCUT2D eigenvalue weighted by atomic mass is 15.3. The van der Waals surface area contributed by atoms with Crippen molar-refractivity contribution < 1.29 is 0 Å². The van der Waals surface area contributed by atoms with Gasteiger partial charge in [-0.1, -0.05) is 19.1 Å². The monoisotopic (exact) mass is 215 g/mol. The number of hydrogen-bond acceptors (Lipinski definition) is 2. The maximum Gasteiger partial charge on any atom is 0.0582 e. The smallest absolute Gasteiger partial charge is 0.0582 e. The lowest BCUT2D eigenvalue weighted by atomic mass is 10.1. The van der Waals surface area contributed by atoms with Gasteiger partial charge in [0, 0.05) is 24.6 Å². The zero-order valence-electron chi connectivity index (χ0n) is 9.56. The molecule has 0 spiro atoms. The van der Waals surface area contributed by atoms with Crippen molar-refractivity contribution >= 4 is 5.69 Å². The standard InChI is InChI=1S/C13H17N3/c1-2-12-4-6-13(7-5-12)14-9-11-16-10-3-8-15-16/h3-8,10,14H,2,9,11H2,1H3. The molecule has 3 heteroatoms. The minimum Gasteiger partial charge on any atom is -0.383 e. The number of hydrogen-bond donors (Lipinski definition) is 1. The van der Waals surface area contributed by atoms with E-state index >= 15 is 0 Å². The van der Waals surface area contributed by atoms with Crippen LogP contribution < -0.4 is 5.32 Å². The van der Waals surface area contributed by atoms with Crippen LogP contribution >= 0.6 is 0 Å². The van der Waals surface area contributed by atoms with E-state index in [1.807, 2.05) is 16.9 Å². The summed E-state index contributed by atoms with van der Waals surface area (Å²) in [6.45, 7) is 3.95. The summed E-state index contributed by atoms with van der Waals surface area (Å²) in [4.78, 5) is 0. The van der Waals surface area contributed by atoms with Gasteiger partial charge in [-0.05, 0) is 30.2 Å². The third-order valence-electron chi connectivity index (χ3n) is 2.59. The fraction of sp³-hybridized carbons (Fsp3) is 0.308. The van der Waals surface area contributed by atoms with E-state index in [-0.39, 0.29) is 0 Å². The van der Waals surface area contributed by atoms with Crippen LogP contribution in [0.4, 0.5) is 5.69 Å². The molecule has 0 aliphatic rings. The molecule has 2 aromatic rings. The first-order valence-electron chi connectivity index (χ1n) is 5.68. The molecule has 0 saturated heterocycles. The molecule has 0 aliphatic heterocycles. The molecule has 2 rings (SSSR count). The van der Waals surface area contributed by atoms with E-state index in [4.69, 9.17) is 0 Å². The molecule has 1 heterocycles. The summed E-state index contributed by atoms with van der Waals surface area (Å²) in [5.41, 5.74) is 2.54. The van der Waals surface area contributed by atoms with Gasteiger partial charge in [0.25, 0.3) is 0 Å². The molecule has 16 heavy (non-hydrogen) atoms. The molecule has 3 nitrogen and oxygen atoms in total. The molecule has 0 radical (unpaired) electrons. The summed E-state index contributed by atoms with van der Waals surface area (Å²) in [6, 6.07) is 10.5. The molecule has 1 aromatic heterocycles. The van der Waals surface area contributed by atoms with E-state index in [0.717, 1.165) is 19.5 Å². The van der Waals surface area contributed by atoms with Crippen LogP contribution in [0, 0.1) is 0 Å². The van der Waals surface area contributed by atoms with Crippen LogP contribution in [-0.4, -0.2) is 16.3 Å². The Hall–Kier alpha value is -1.77. The van der Waals surface area contributed by atoms with Gasteiger partial charge in [0.05, 0.1) is 6.54 Å². The van der Waals surface area contributed by atoms with Crippen molar-refractivity contribution in [3.8, 4) is 0 Å². The maximum atomic E-state index is 4.15. The highest BCUT2D eigenvalue weighted by molar-refractivity contribution is 5.44. The molecule has 0 atom stereocenters. The minimum absolute atomic E-state index is 0.891. The fourth-order valence-electron chi connectivity index (χ4n) is 1.61. The van der Waals surface area contributed by atoms with Crippen LogP contribution in [0.15, 0.2) is 42.7 Å². The average molecular weight is 215 g/mol. The van der Waals surface area contributed by atoms with Gasteiger partial charge in [-0.25, -0.2) is 0 Å². The molecule has 1 aromatic carbocycles. The van der Waals surface area contributed by atoms with Crippen molar-refractivity contribution in [2.75, 3.05) is 11.9 Å². The number of nitrogens with zero attached hydrogens (tertiary/aromatic N) is 2. The first kappa shape index (κ1) is 10.7. The molecule has 84 valence electrons. The Morgan fingerprint density at radius 2 is 2.06 bits per heavy atom. The fourth-order valence-corrected chi connectivity index (χ4v) is 1.61. The molecular formula is C13H17N3. The van der Waals surface area contributed by atoms with Crippen LogP contribution in [-0.2, 0) is 13.0 Å². The third kappa shape index (κ3) is 2.86. The molecule has 0 fully saturated rings. The van der Waals surface area contributed by atoms with Gasteiger partial charge in [0.2, 0.25) is 0 Å². The lowest BCUT2D eigenvalue weighted by Crippen LogP contribution is -2.10. The summed E-state index contributed by atoms with van der Waals surface area (Å²) < 4.78 is 1.92. The van der Waals surface area contributed by atoms with Gasteiger partial charge in [0.1, 0.15) is 0 Å². The Balaban J connectivity index is 1.81. The summed E-state index contributed by atoms with van der Waals surface area (Å²) in [7, 11) is 0. The second kappa shape index (κ2) is 5.35. The molecule has 0 saturated carbocycles. The van der Waals surface area contributed by atoms with E-state index in [2.05, 4.69) is 41.6 Å². The van der Waals surface area contributed by atoms with Crippen molar-refractivity contribution in [2.45, 2.75) is 19.9 Å². The SMILES string of the molecule is CCc1ccc(NCCn2cccn2)cc1. The number of aromatic nitrogens is 2. The van der Waals surface area contributed by atoms with Crippen LogP contribution in [0.2, 0.25) is 0 Å². The zero-order valence-corrected chi connectivity index (χ0v) is 9.56. The van der Waals surface area contributed by atoms with Gasteiger partial charge in [-0.3, -0.25) is 4.68 Å². The Labute approximate surface area is 96.1 Å². The van der Waals surface area contributed by atoms with Crippen LogP contribution in [0.1, 0.15) is 12.5 Å². The number of nitrogens with one attached hydrogen (secondary N) is 1. The molecule has 1 N–H and O–H groups in total. The Morgan fingerprint density at radius 1 is 1.25 bits per heavy atom. The highest BCUT2D eigenvalue weighted by Gasteiger charge is 1.93. The molecule has 0 aliphatic carbocycles. The lowest BCUT2D eigenvalue weighted by molar-refractivity contribution is 0.638. The molecular weight excluding hydrogens is 198 g/mol. The first-order chi connectivity index (χ1) is 7.88.